The van der Waals surface area contributed by atoms with E-state index in [9.17, 15) is 5.02 Å². The lowest BCUT2D eigenvalue weighted by molar-refractivity contribution is 0.616. The lowest BCUT2D eigenvalue weighted by atomic mass is 9.87. The number of rotatable bonds is 2. The van der Waals surface area contributed by atoms with Crippen LogP contribution in [0.3, 0.4) is 0 Å². The summed E-state index contributed by atoms with van der Waals surface area (Å²) in [5.74, 6) is 0. The molecule has 0 saturated heterocycles. The Kier molecular flexibility index (Phi) is 3.39. The Morgan fingerprint density at radius 1 is 0.643 bits per heavy atom. The molecule has 0 saturated carbocycles. The third-order valence-electron chi connectivity index (χ3n) is 5.47. The van der Waals surface area contributed by atoms with Gasteiger partial charge in [0.1, 0.15) is 11.2 Å². The highest BCUT2D eigenvalue weighted by molar-refractivity contribution is 7.27. The molecule has 0 unspecified atom stereocenters. The summed E-state index contributed by atoms with van der Waals surface area (Å²) in [6.07, 6.45) is 0. The van der Waals surface area contributed by atoms with Gasteiger partial charge in [-0.15, -0.1) is 11.3 Å². The van der Waals surface area contributed by atoms with Gasteiger partial charge in [0.15, 0.2) is 0 Å². The Morgan fingerprint density at radius 2 is 1.32 bits per heavy atom. The number of para-hydroxylation sites is 2. The first kappa shape index (κ1) is 15.9. The number of hydrogen-bond acceptors (Lipinski definition) is 3. The summed E-state index contributed by atoms with van der Waals surface area (Å²) < 4.78 is 8.66. The third-order valence-corrected chi connectivity index (χ3v) is 6.80. The van der Waals surface area contributed by atoms with Crippen molar-refractivity contribution in [3.63, 3.8) is 0 Å². The van der Waals surface area contributed by atoms with E-state index in [1.54, 1.807) is 11.3 Å². The van der Waals surface area contributed by atoms with Crippen LogP contribution in [-0.2, 0) is 0 Å². The van der Waals surface area contributed by atoms with Gasteiger partial charge in [0.2, 0.25) is 0 Å². The number of fused-ring (bicyclic) bond motifs is 6. The Morgan fingerprint density at radius 3 is 2.18 bits per heavy atom. The van der Waals surface area contributed by atoms with E-state index in [0.717, 1.165) is 37.7 Å². The molecule has 4 heteroatoms. The highest BCUT2D eigenvalue weighted by Crippen LogP contribution is 2.42. The summed E-state index contributed by atoms with van der Waals surface area (Å²) in [5.41, 5.74) is 5.10. The molecule has 4 aromatic carbocycles. The predicted molar refractivity (Wildman–Crippen MR) is 121 cm³/mol. The molecule has 0 atom stereocenters. The molecule has 6 rings (SSSR count). The number of thiophene rings is 1. The maximum atomic E-state index is 9.76. The van der Waals surface area contributed by atoms with Crippen LogP contribution in [0.25, 0.3) is 53.2 Å². The van der Waals surface area contributed by atoms with E-state index in [4.69, 9.17) is 4.42 Å². The predicted octanol–water partition coefficient (Wildman–Crippen LogP) is 5.59. The van der Waals surface area contributed by atoms with Gasteiger partial charge in [0.05, 0.1) is 0 Å². The fraction of sp³-hybridized carbons (Fsp3) is 0. The van der Waals surface area contributed by atoms with E-state index in [1.807, 2.05) is 30.3 Å². The van der Waals surface area contributed by atoms with Gasteiger partial charge in [0, 0.05) is 36.7 Å². The molecular formula is C24H15BO2S. The molecule has 6 aromatic rings. The van der Waals surface area contributed by atoms with Gasteiger partial charge in [-0.1, -0.05) is 72.8 Å². The average Bonchev–Trinajstić information content (AvgIpc) is 3.32. The zero-order valence-electron chi connectivity index (χ0n) is 15.0. The standard InChI is InChI=1S/C24H15BO2S/c26-25-20-12-5-11-19-18-10-4-9-17(23(18)28-24(19)20)16-8-3-7-15-14-6-1-2-13-21(14)27-22(15)16/h1-13,25-26H. The van der Waals surface area contributed by atoms with E-state index in [1.165, 1.54) is 21.0 Å². The van der Waals surface area contributed by atoms with Crippen molar-refractivity contribution < 1.29 is 9.44 Å². The summed E-state index contributed by atoms with van der Waals surface area (Å²) in [4.78, 5) is 0. The second kappa shape index (κ2) is 5.96. The highest BCUT2D eigenvalue weighted by atomic mass is 32.1. The smallest absolute Gasteiger partial charge is 0.306 e. The average molecular weight is 378 g/mol. The molecule has 1 N–H and O–H groups in total. The minimum atomic E-state index is 0.0542. The zero-order valence-corrected chi connectivity index (χ0v) is 15.8. The molecule has 0 amide bonds. The maximum Gasteiger partial charge on any atom is 0.306 e. The Labute approximate surface area is 165 Å². The molecule has 2 nitrogen and oxygen atoms in total. The van der Waals surface area contributed by atoms with Crippen LogP contribution in [0.2, 0.25) is 0 Å². The summed E-state index contributed by atoms with van der Waals surface area (Å²) in [5, 5.41) is 14.5. The van der Waals surface area contributed by atoms with Crippen LogP contribution < -0.4 is 5.46 Å². The SMILES string of the molecule is OBc1cccc2c1sc1c(-c3cccc4c3oc3ccccc34)cccc12. The molecule has 2 aromatic heterocycles. The minimum absolute atomic E-state index is 0.0542. The maximum absolute atomic E-state index is 9.76. The Bertz CT molecular complexity index is 1510. The second-order valence-corrected chi connectivity index (χ2v) is 8.04. The molecule has 2 heterocycles. The van der Waals surface area contributed by atoms with Crippen LogP contribution in [0.15, 0.2) is 83.3 Å². The lowest BCUT2D eigenvalue weighted by Crippen LogP contribution is -2.12. The molecule has 0 radical (unpaired) electrons. The summed E-state index contributed by atoms with van der Waals surface area (Å²) in [7, 11) is 0.0542. The van der Waals surface area contributed by atoms with E-state index >= 15 is 0 Å². The number of hydrogen-bond donors (Lipinski definition) is 1. The molecule has 0 aliphatic heterocycles. The topological polar surface area (TPSA) is 33.4 Å². The van der Waals surface area contributed by atoms with Crippen molar-refractivity contribution in [1.82, 2.24) is 0 Å². The van der Waals surface area contributed by atoms with Gasteiger partial charge in [-0.25, -0.2) is 0 Å². The van der Waals surface area contributed by atoms with Gasteiger partial charge >= 0.3 is 7.48 Å². The third kappa shape index (κ3) is 2.13. The minimum Gasteiger partial charge on any atom is -0.455 e. The molecule has 0 aliphatic rings. The normalized spacial score (nSPS) is 11.8. The monoisotopic (exact) mass is 378 g/mol. The quantitative estimate of drug-likeness (QED) is 0.399. The summed E-state index contributed by atoms with van der Waals surface area (Å²) in [6.45, 7) is 0. The molecule has 0 fully saturated rings. The van der Waals surface area contributed by atoms with Crippen LogP contribution >= 0.6 is 11.3 Å². The fourth-order valence-electron chi connectivity index (χ4n) is 4.17. The van der Waals surface area contributed by atoms with Gasteiger partial charge in [0.25, 0.3) is 0 Å². The molecule has 0 bridgehead atoms. The number of furan rings is 1. The Hall–Kier alpha value is -3.08. The molecule has 28 heavy (non-hydrogen) atoms. The molecule has 0 spiro atoms. The van der Waals surface area contributed by atoms with Crippen molar-refractivity contribution in [2.75, 3.05) is 0 Å². The van der Waals surface area contributed by atoms with E-state index < -0.39 is 0 Å². The van der Waals surface area contributed by atoms with Crippen molar-refractivity contribution in [2.24, 2.45) is 0 Å². The van der Waals surface area contributed by atoms with Crippen LogP contribution in [-0.4, -0.2) is 12.5 Å². The van der Waals surface area contributed by atoms with Gasteiger partial charge in [-0.3, -0.25) is 0 Å². The largest absolute Gasteiger partial charge is 0.455 e. The zero-order chi connectivity index (χ0) is 18.7. The summed E-state index contributed by atoms with van der Waals surface area (Å²) >= 11 is 1.75. The van der Waals surface area contributed by atoms with Gasteiger partial charge in [-0.2, -0.15) is 0 Å². The first-order chi connectivity index (χ1) is 13.8. The fourth-order valence-corrected chi connectivity index (χ4v) is 5.51. The van der Waals surface area contributed by atoms with Crippen molar-refractivity contribution >= 4 is 66.4 Å². The van der Waals surface area contributed by atoms with Gasteiger partial charge < -0.3 is 9.44 Å². The first-order valence-electron chi connectivity index (χ1n) is 9.30. The summed E-state index contributed by atoms with van der Waals surface area (Å²) in [6, 6.07) is 27.1. The molecule has 132 valence electrons. The lowest BCUT2D eigenvalue weighted by Gasteiger charge is -2.04. The molecular weight excluding hydrogens is 363 g/mol. The van der Waals surface area contributed by atoms with Crippen molar-refractivity contribution in [3.8, 4) is 11.1 Å². The highest BCUT2D eigenvalue weighted by Gasteiger charge is 2.16. The van der Waals surface area contributed by atoms with E-state index in [-0.39, 0.29) is 7.48 Å². The number of benzene rings is 4. The van der Waals surface area contributed by atoms with Crippen LogP contribution in [0, 0.1) is 0 Å². The van der Waals surface area contributed by atoms with Crippen LogP contribution in [0.5, 0.6) is 0 Å². The molecule has 0 aliphatic carbocycles. The second-order valence-electron chi connectivity index (χ2n) is 7.02. The van der Waals surface area contributed by atoms with Gasteiger partial charge in [-0.05, 0) is 16.9 Å². The van der Waals surface area contributed by atoms with Crippen molar-refractivity contribution in [3.05, 3.63) is 78.9 Å². The van der Waals surface area contributed by atoms with Crippen molar-refractivity contribution in [2.45, 2.75) is 0 Å². The Balaban J connectivity index is 1.74. The van der Waals surface area contributed by atoms with Crippen molar-refractivity contribution in [1.29, 1.82) is 0 Å². The van der Waals surface area contributed by atoms with Crippen LogP contribution in [0.1, 0.15) is 0 Å². The first-order valence-corrected chi connectivity index (χ1v) is 10.1. The van der Waals surface area contributed by atoms with E-state index in [2.05, 4.69) is 48.5 Å². The van der Waals surface area contributed by atoms with Crippen LogP contribution in [0.4, 0.5) is 0 Å². The van der Waals surface area contributed by atoms with E-state index in [0.29, 0.717) is 0 Å².